The van der Waals surface area contributed by atoms with Crippen LogP contribution in [0.2, 0.25) is 5.02 Å². The minimum absolute atomic E-state index is 0.130. The number of carbonyl (C=O) groups is 1. The lowest BCUT2D eigenvalue weighted by Crippen LogP contribution is -2.36. The number of hydrogen-bond acceptors (Lipinski definition) is 7. The van der Waals surface area contributed by atoms with Crippen molar-refractivity contribution in [2.75, 3.05) is 24.4 Å². The van der Waals surface area contributed by atoms with Crippen LogP contribution >= 0.6 is 22.9 Å². The minimum atomic E-state index is -3.76. The molecule has 2 rings (SSSR count). The topological polar surface area (TPSA) is 109 Å². The lowest BCUT2D eigenvalue weighted by molar-refractivity contribution is 0.0528. The van der Waals surface area contributed by atoms with Crippen LogP contribution in [0.5, 0.6) is 0 Å². The van der Waals surface area contributed by atoms with Crippen LogP contribution in [0.25, 0.3) is 0 Å². The van der Waals surface area contributed by atoms with Crippen LogP contribution in [-0.4, -0.2) is 44.7 Å². The molecule has 8 nitrogen and oxygen atoms in total. The molecule has 0 radical (unpaired) electrons. The Kier molecular flexibility index (Phi) is 8.48. The van der Waals surface area contributed by atoms with E-state index in [9.17, 15) is 13.2 Å². The lowest BCUT2D eigenvalue weighted by atomic mass is 10.2. The molecule has 1 heterocycles. The highest BCUT2D eigenvalue weighted by atomic mass is 35.5. The summed E-state index contributed by atoms with van der Waals surface area (Å²) in [5, 5.41) is 8.36. The molecule has 30 heavy (non-hydrogen) atoms. The Morgan fingerprint density at radius 3 is 2.67 bits per heavy atom. The molecular weight excluding hydrogens is 448 g/mol. The normalized spacial score (nSPS) is 11.9. The van der Waals surface area contributed by atoms with E-state index in [1.54, 1.807) is 19.1 Å². The maximum absolute atomic E-state index is 12.6. The van der Waals surface area contributed by atoms with Crippen LogP contribution in [0.1, 0.15) is 32.0 Å². The number of alkyl carbamates (subject to hydrolysis) is 1. The van der Waals surface area contributed by atoms with Gasteiger partial charge in [0.25, 0.3) is 10.0 Å². The van der Waals surface area contributed by atoms with E-state index in [2.05, 4.69) is 20.3 Å². The number of ether oxygens (including phenoxy) is 1. The quantitative estimate of drug-likeness (QED) is 0.479. The summed E-state index contributed by atoms with van der Waals surface area (Å²) in [6.07, 6.45) is 0.177. The van der Waals surface area contributed by atoms with Crippen LogP contribution in [0.15, 0.2) is 28.5 Å². The first kappa shape index (κ1) is 24.4. The van der Waals surface area contributed by atoms with Gasteiger partial charge in [-0.3, -0.25) is 4.72 Å². The predicted molar refractivity (Wildman–Crippen MR) is 120 cm³/mol. The van der Waals surface area contributed by atoms with Gasteiger partial charge >= 0.3 is 6.09 Å². The predicted octanol–water partition coefficient (Wildman–Crippen LogP) is 3.56. The summed E-state index contributed by atoms with van der Waals surface area (Å²) in [4.78, 5) is 16.0. The average Bonchev–Trinajstić information content (AvgIpc) is 3.05. The van der Waals surface area contributed by atoms with Crippen LogP contribution < -0.4 is 15.4 Å². The van der Waals surface area contributed by atoms with E-state index in [-0.39, 0.29) is 4.90 Å². The molecule has 1 aromatic heterocycles. The third kappa shape index (κ3) is 7.75. The van der Waals surface area contributed by atoms with Crippen molar-refractivity contribution < 1.29 is 17.9 Å². The van der Waals surface area contributed by atoms with Gasteiger partial charge in [0.2, 0.25) is 0 Å². The number of aromatic nitrogens is 1. The second-order valence-electron chi connectivity index (χ2n) is 7.54. The summed E-state index contributed by atoms with van der Waals surface area (Å²) in [5.41, 5.74) is 0.744. The maximum Gasteiger partial charge on any atom is 0.407 e. The fourth-order valence-corrected chi connectivity index (χ4v) is 4.92. The number of nitrogens with zero attached hydrogens (tertiary/aromatic N) is 1. The van der Waals surface area contributed by atoms with Gasteiger partial charge in [0.15, 0.2) is 5.13 Å². The van der Waals surface area contributed by atoms with Crippen LogP contribution in [0, 0.1) is 6.92 Å². The van der Waals surface area contributed by atoms with Gasteiger partial charge in [0.1, 0.15) is 5.60 Å². The molecule has 1 aromatic carbocycles. The van der Waals surface area contributed by atoms with E-state index >= 15 is 0 Å². The summed E-state index contributed by atoms with van der Waals surface area (Å²) in [6, 6.07) is 4.75. The monoisotopic (exact) mass is 474 g/mol. The molecule has 0 aliphatic heterocycles. The minimum Gasteiger partial charge on any atom is -0.444 e. The molecule has 0 bridgehead atoms. The van der Waals surface area contributed by atoms with E-state index in [1.165, 1.54) is 17.4 Å². The van der Waals surface area contributed by atoms with Gasteiger partial charge < -0.3 is 15.4 Å². The number of carbonyl (C=O) groups excluding carboxylic acids is 1. The second-order valence-corrected chi connectivity index (χ2v) is 10.5. The highest BCUT2D eigenvalue weighted by molar-refractivity contribution is 7.93. The number of sulfonamides is 1. The first-order valence-electron chi connectivity index (χ1n) is 9.38. The number of rotatable bonds is 9. The first-order valence-corrected chi connectivity index (χ1v) is 12.1. The summed E-state index contributed by atoms with van der Waals surface area (Å²) < 4.78 is 32.9. The Labute approximate surface area is 186 Å². The van der Waals surface area contributed by atoms with E-state index in [1.807, 2.05) is 26.2 Å². The highest BCUT2D eigenvalue weighted by Crippen LogP contribution is 2.26. The summed E-state index contributed by atoms with van der Waals surface area (Å²) in [7, 11) is -3.76. The molecule has 2 aromatic rings. The Hall–Kier alpha value is -1.88. The molecule has 166 valence electrons. The number of hydrogen-bond donors (Lipinski definition) is 3. The van der Waals surface area contributed by atoms with Gasteiger partial charge in [-0.15, -0.1) is 11.3 Å². The fourth-order valence-electron chi connectivity index (χ4n) is 2.43. The lowest BCUT2D eigenvalue weighted by Gasteiger charge is -2.19. The summed E-state index contributed by atoms with van der Waals surface area (Å²) in [6.45, 7) is 8.75. The van der Waals surface area contributed by atoms with Crippen molar-refractivity contribution in [3.63, 3.8) is 0 Å². The third-order valence-electron chi connectivity index (χ3n) is 3.81. The Bertz CT molecular complexity index is 971. The van der Waals surface area contributed by atoms with Crippen molar-refractivity contribution in [3.05, 3.63) is 39.9 Å². The number of nitrogens with one attached hydrogen (secondary N) is 3. The molecule has 0 atom stereocenters. The molecule has 0 saturated heterocycles. The van der Waals surface area contributed by atoms with Crippen molar-refractivity contribution in [2.45, 2.75) is 44.6 Å². The van der Waals surface area contributed by atoms with E-state index in [0.29, 0.717) is 41.8 Å². The van der Waals surface area contributed by atoms with Crippen molar-refractivity contribution in [3.8, 4) is 0 Å². The summed E-state index contributed by atoms with van der Waals surface area (Å²) >= 11 is 7.25. The molecule has 0 spiro atoms. The molecular formula is C19H27ClN4O4S2. The zero-order valence-corrected chi connectivity index (χ0v) is 19.8. The van der Waals surface area contributed by atoms with E-state index in [4.69, 9.17) is 16.3 Å². The van der Waals surface area contributed by atoms with Gasteiger partial charge in [-0.1, -0.05) is 17.7 Å². The van der Waals surface area contributed by atoms with Gasteiger partial charge in [0, 0.05) is 36.5 Å². The first-order chi connectivity index (χ1) is 14.0. The molecule has 3 N–H and O–H groups in total. The highest BCUT2D eigenvalue weighted by Gasteiger charge is 2.20. The number of amides is 1. The van der Waals surface area contributed by atoms with Crippen molar-refractivity contribution in [1.82, 2.24) is 15.6 Å². The van der Waals surface area contributed by atoms with Gasteiger partial charge in [-0.05, 0) is 45.4 Å². The van der Waals surface area contributed by atoms with Crippen molar-refractivity contribution >= 4 is 44.2 Å². The van der Waals surface area contributed by atoms with Crippen LogP contribution in [-0.2, 0) is 21.2 Å². The number of benzene rings is 1. The second kappa shape index (κ2) is 10.4. The Morgan fingerprint density at radius 1 is 1.23 bits per heavy atom. The SMILES string of the molecule is Cc1c(Cl)cccc1S(=O)(=O)Nc1nc(CCNCCNC(=O)OC(C)(C)C)cs1. The molecule has 0 saturated carbocycles. The number of halogens is 1. The molecule has 0 aliphatic carbocycles. The van der Waals surface area contributed by atoms with Crippen molar-refractivity contribution in [1.29, 1.82) is 0 Å². The maximum atomic E-state index is 12.6. The Morgan fingerprint density at radius 2 is 1.97 bits per heavy atom. The average molecular weight is 475 g/mol. The van der Waals surface area contributed by atoms with Gasteiger partial charge in [-0.25, -0.2) is 18.2 Å². The van der Waals surface area contributed by atoms with Crippen LogP contribution in [0.4, 0.5) is 9.93 Å². The van der Waals surface area contributed by atoms with E-state index < -0.39 is 21.7 Å². The number of anilines is 1. The molecule has 1 amide bonds. The molecule has 0 aliphatic rings. The zero-order chi connectivity index (χ0) is 22.4. The molecule has 0 unspecified atom stereocenters. The summed E-state index contributed by atoms with van der Waals surface area (Å²) in [5.74, 6) is 0. The molecule has 11 heteroatoms. The Balaban J connectivity index is 1.76. The largest absolute Gasteiger partial charge is 0.444 e. The van der Waals surface area contributed by atoms with E-state index in [0.717, 1.165) is 5.69 Å². The van der Waals surface area contributed by atoms with Crippen molar-refractivity contribution in [2.24, 2.45) is 0 Å². The fraction of sp³-hybridized carbons (Fsp3) is 0.474. The zero-order valence-electron chi connectivity index (χ0n) is 17.4. The standard InChI is InChI=1S/C19H27ClN4O4S2/c1-13-15(20)6-5-7-16(13)30(26,27)24-17-23-14(12-29-17)8-9-21-10-11-22-18(25)28-19(2,3)4/h5-7,12,21H,8-11H2,1-4H3,(H,22,25)(H,23,24). The van der Waals surface area contributed by atoms with Gasteiger partial charge in [0.05, 0.1) is 10.6 Å². The number of thiazole rings is 1. The third-order valence-corrected chi connectivity index (χ3v) is 6.64. The van der Waals surface area contributed by atoms with Gasteiger partial charge in [-0.2, -0.15) is 0 Å². The molecule has 0 fully saturated rings. The van der Waals surface area contributed by atoms with Crippen LogP contribution in [0.3, 0.4) is 0 Å². The smallest absolute Gasteiger partial charge is 0.407 e.